The predicted molar refractivity (Wildman–Crippen MR) is 74.6 cm³/mol. The topological polar surface area (TPSA) is 90.0 Å². The van der Waals surface area contributed by atoms with Gasteiger partial charge in [-0.2, -0.15) is 17.0 Å². The van der Waals surface area contributed by atoms with E-state index >= 15 is 0 Å². The lowest BCUT2D eigenvalue weighted by Gasteiger charge is -2.38. The van der Waals surface area contributed by atoms with E-state index in [1.807, 2.05) is 0 Å². The molecule has 0 radical (unpaired) electrons. The number of nitrogens with one attached hydrogen (secondary N) is 1. The number of hydrogen-bond acceptors (Lipinski definition) is 4. The fourth-order valence-corrected chi connectivity index (χ4v) is 4.75. The highest BCUT2D eigenvalue weighted by atomic mass is 32.2. The maximum Gasteiger partial charge on any atom is 0.322 e. The van der Waals surface area contributed by atoms with Crippen molar-refractivity contribution in [2.24, 2.45) is 0 Å². The Morgan fingerprint density at radius 1 is 1.25 bits per heavy atom. The Hall–Kier alpha value is -0.700. The zero-order chi connectivity index (χ0) is 14.8. The second-order valence-corrected chi connectivity index (χ2v) is 7.41. The van der Waals surface area contributed by atoms with Crippen molar-refractivity contribution in [3.05, 3.63) is 0 Å². The van der Waals surface area contributed by atoms with Crippen molar-refractivity contribution >= 4 is 16.2 Å². The standard InChI is InChI=1S/C12H23N3O4S/c1-14(10-5-7-13-8-6-10)20(18,19)15-9-3-2-4-11(15)12(16)17/h10-11,13H,2-9H2,1H3,(H,16,17). The lowest BCUT2D eigenvalue weighted by Crippen LogP contribution is -2.55. The lowest BCUT2D eigenvalue weighted by atomic mass is 10.1. The van der Waals surface area contributed by atoms with Crippen molar-refractivity contribution < 1.29 is 18.3 Å². The third-order valence-electron chi connectivity index (χ3n) is 4.22. The first-order valence-electron chi connectivity index (χ1n) is 7.13. The number of hydrogen-bond donors (Lipinski definition) is 2. The summed E-state index contributed by atoms with van der Waals surface area (Å²) < 4.78 is 27.9. The van der Waals surface area contributed by atoms with Crippen molar-refractivity contribution in [3.63, 3.8) is 0 Å². The zero-order valence-corrected chi connectivity index (χ0v) is 12.6. The van der Waals surface area contributed by atoms with Gasteiger partial charge >= 0.3 is 5.97 Å². The number of nitrogens with zero attached hydrogens (tertiary/aromatic N) is 2. The van der Waals surface area contributed by atoms with Crippen LogP contribution in [0.1, 0.15) is 32.1 Å². The summed E-state index contributed by atoms with van der Waals surface area (Å²) in [4.78, 5) is 11.3. The van der Waals surface area contributed by atoms with E-state index in [4.69, 9.17) is 0 Å². The molecule has 2 heterocycles. The van der Waals surface area contributed by atoms with Gasteiger partial charge in [0.1, 0.15) is 6.04 Å². The number of carboxylic acid groups (broad SMARTS) is 1. The summed E-state index contributed by atoms with van der Waals surface area (Å²) in [7, 11) is -2.13. The van der Waals surface area contributed by atoms with E-state index < -0.39 is 22.2 Å². The van der Waals surface area contributed by atoms with Crippen LogP contribution >= 0.6 is 0 Å². The van der Waals surface area contributed by atoms with Crippen LogP contribution in [0.2, 0.25) is 0 Å². The normalized spacial score (nSPS) is 26.8. The molecule has 1 atom stereocenters. The average molecular weight is 305 g/mol. The van der Waals surface area contributed by atoms with E-state index in [2.05, 4.69) is 5.32 Å². The van der Waals surface area contributed by atoms with Gasteiger partial charge in [-0.1, -0.05) is 0 Å². The Morgan fingerprint density at radius 2 is 1.90 bits per heavy atom. The molecule has 2 aliphatic rings. The summed E-state index contributed by atoms with van der Waals surface area (Å²) in [6.07, 6.45) is 3.42. The molecule has 2 rings (SSSR count). The lowest BCUT2D eigenvalue weighted by molar-refractivity contribution is -0.142. The highest BCUT2D eigenvalue weighted by molar-refractivity contribution is 7.86. The van der Waals surface area contributed by atoms with Gasteiger partial charge in [-0.3, -0.25) is 4.79 Å². The highest BCUT2D eigenvalue weighted by Gasteiger charge is 2.40. The van der Waals surface area contributed by atoms with Crippen LogP contribution in [0.15, 0.2) is 0 Å². The third kappa shape index (κ3) is 3.13. The summed E-state index contributed by atoms with van der Waals surface area (Å²) in [5, 5.41) is 12.4. The Balaban J connectivity index is 2.16. The summed E-state index contributed by atoms with van der Waals surface area (Å²) in [6, 6.07) is -0.962. The molecule has 7 nitrogen and oxygen atoms in total. The molecule has 116 valence electrons. The van der Waals surface area contributed by atoms with Crippen LogP contribution in [0.3, 0.4) is 0 Å². The van der Waals surface area contributed by atoms with Crippen molar-refractivity contribution in [3.8, 4) is 0 Å². The molecule has 0 saturated carbocycles. The fraction of sp³-hybridized carbons (Fsp3) is 0.917. The molecule has 2 aliphatic heterocycles. The molecule has 0 spiro atoms. The van der Waals surface area contributed by atoms with Gasteiger partial charge < -0.3 is 10.4 Å². The first-order valence-corrected chi connectivity index (χ1v) is 8.52. The van der Waals surface area contributed by atoms with Gasteiger partial charge in [-0.15, -0.1) is 0 Å². The van der Waals surface area contributed by atoms with E-state index in [9.17, 15) is 18.3 Å². The van der Waals surface area contributed by atoms with Gasteiger partial charge in [0.15, 0.2) is 0 Å². The summed E-state index contributed by atoms with van der Waals surface area (Å²) in [5.41, 5.74) is 0. The molecule has 0 aromatic heterocycles. The number of piperidine rings is 2. The number of rotatable bonds is 4. The SMILES string of the molecule is CN(C1CCNCC1)S(=O)(=O)N1CCCCC1C(=O)O. The predicted octanol–water partition coefficient (Wildman–Crippen LogP) is -0.146. The largest absolute Gasteiger partial charge is 0.480 e. The molecule has 0 amide bonds. The van der Waals surface area contributed by atoms with E-state index in [1.54, 1.807) is 7.05 Å². The van der Waals surface area contributed by atoms with Crippen molar-refractivity contribution in [1.82, 2.24) is 13.9 Å². The van der Waals surface area contributed by atoms with Gasteiger partial charge in [-0.05, 0) is 45.2 Å². The Labute approximate surface area is 120 Å². The molecule has 0 bridgehead atoms. The molecule has 2 fully saturated rings. The van der Waals surface area contributed by atoms with E-state index in [-0.39, 0.29) is 6.04 Å². The molecular formula is C12H23N3O4S. The Kier molecular flexibility index (Phi) is 5.00. The van der Waals surface area contributed by atoms with Crippen LogP contribution in [-0.2, 0) is 15.0 Å². The van der Waals surface area contributed by atoms with Gasteiger partial charge in [-0.25, -0.2) is 0 Å². The van der Waals surface area contributed by atoms with Crippen molar-refractivity contribution in [2.75, 3.05) is 26.7 Å². The summed E-state index contributed by atoms with van der Waals surface area (Å²) in [5.74, 6) is -1.05. The molecule has 20 heavy (non-hydrogen) atoms. The quantitative estimate of drug-likeness (QED) is 0.754. The Morgan fingerprint density at radius 3 is 2.50 bits per heavy atom. The first kappa shape index (κ1) is 15.7. The van der Waals surface area contributed by atoms with Crippen LogP contribution in [0.4, 0.5) is 0 Å². The highest BCUT2D eigenvalue weighted by Crippen LogP contribution is 2.25. The van der Waals surface area contributed by atoms with Gasteiger partial charge in [0.2, 0.25) is 0 Å². The van der Waals surface area contributed by atoms with E-state index in [0.29, 0.717) is 13.0 Å². The van der Waals surface area contributed by atoms with Crippen LogP contribution in [0.25, 0.3) is 0 Å². The number of carboxylic acids is 1. The Bertz CT molecular complexity index is 448. The maximum absolute atomic E-state index is 12.7. The molecular weight excluding hydrogens is 282 g/mol. The van der Waals surface area contributed by atoms with Crippen molar-refractivity contribution in [2.45, 2.75) is 44.2 Å². The molecule has 0 aromatic rings. The molecule has 0 aliphatic carbocycles. The van der Waals surface area contributed by atoms with Crippen molar-refractivity contribution in [1.29, 1.82) is 0 Å². The van der Waals surface area contributed by atoms with Gasteiger partial charge in [0.05, 0.1) is 0 Å². The molecule has 2 saturated heterocycles. The molecule has 8 heteroatoms. The number of carbonyl (C=O) groups is 1. The second kappa shape index (κ2) is 6.38. The minimum Gasteiger partial charge on any atom is -0.480 e. The summed E-state index contributed by atoms with van der Waals surface area (Å²) >= 11 is 0. The van der Waals surface area contributed by atoms with Crippen LogP contribution < -0.4 is 5.32 Å². The summed E-state index contributed by atoms with van der Waals surface area (Å²) in [6.45, 7) is 1.90. The monoisotopic (exact) mass is 305 g/mol. The molecule has 0 aromatic carbocycles. The fourth-order valence-electron chi connectivity index (χ4n) is 2.95. The minimum atomic E-state index is -3.70. The second-order valence-electron chi connectivity index (χ2n) is 5.47. The smallest absolute Gasteiger partial charge is 0.322 e. The number of aliphatic carboxylic acids is 1. The zero-order valence-electron chi connectivity index (χ0n) is 11.8. The molecule has 1 unspecified atom stereocenters. The van der Waals surface area contributed by atoms with Gasteiger partial charge in [0, 0.05) is 19.6 Å². The van der Waals surface area contributed by atoms with E-state index in [1.165, 1.54) is 8.61 Å². The maximum atomic E-state index is 12.7. The minimum absolute atomic E-state index is 0.0439. The molecule has 2 N–H and O–H groups in total. The first-order chi connectivity index (χ1) is 9.44. The van der Waals surface area contributed by atoms with Crippen LogP contribution in [0, 0.1) is 0 Å². The average Bonchev–Trinajstić information content (AvgIpc) is 2.47. The van der Waals surface area contributed by atoms with Crippen LogP contribution in [0.5, 0.6) is 0 Å². The van der Waals surface area contributed by atoms with Gasteiger partial charge in [0.25, 0.3) is 10.2 Å². The third-order valence-corrected chi connectivity index (χ3v) is 6.28. The van der Waals surface area contributed by atoms with Crippen LogP contribution in [-0.4, -0.2) is 66.9 Å². The van der Waals surface area contributed by atoms with E-state index in [0.717, 1.165) is 38.8 Å².